The van der Waals surface area contributed by atoms with Gasteiger partial charge in [0.25, 0.3) is 0 Å². The molecule has 2 aromatic carbocycles. The summed E-state index contributed by atoms with van der Waals surface area (Å²) in [4.78, 5) is 14.2. The van der Waals surface area contributed by atoms with Crippen molar-refractivity contribution in [3.8, 4) is 0 Å². The van der Waals surface area contributed by atoms with Crippen LogP contribution in [0.5, 0.6) is 0 Å². The Bertz CT molecular complexity index is 902. The van der Waals surface area contributed by atoms with Gasteiger partial charge in [-0.05, 0) is 42.5 Å². The Morgan fingerprint density at radius 2 is 1.69 bits per heavy atom. The average molecular weight is 400 g/mol. The van der Waals surface area contributed by atoms with Crippen LogP contribution in [0.4, 0.5) is 21.5 Å². The number of sulfonamides is 1. The zero-order valence-corrected chi connectivity index (χ0v) is 16.1. The molecule has 0 aromatic heterocycles. The van der Waals surface area contributed by atoms with Crippen LogP contribution in [0.1, 0.15) is 0 Å². The first kappa shape index (κ1) is 20.0. The number of carbonyl (C=O) groups is 1. The number of anilines is 3. The van der Waals surface area contributed by atoms with Gasteiger partial charge < -0.3 is 10.2 Å². The first-order valence-electron chi connectivity index (χ1n) is 7.58. The third-order valence-electron chi connectivity index (χ3n) is 3.55. The van der Waals surface area contributed by atoms with Crippen molar-refractivity contribution in [2.75, 3.05) is 41.4 Å². The molecule has 2 rings (SSSR count). The second-order valence-electron chi connectivity index (χ2n) is 5.86. The summed E-state index contributed by atoms with van der Waals surface area (Å²) < 4.78 is 38.3. The molecule has 1 N–H and O–H groups in total. The molecule has 26 heavy (non-hydrogen) atoms. The number of amides is 1. The second kappa shape index (κ2) is 7.92. The van der Waals surface area contributed by atoms with Crippen molar-refractivity contribution < 1.29 is 17.6 Å². The van der Waals surface area contributed by atoms with Gasteiger partial charge in [-0.3, -0.25) is 9.10 Å². The summed E-state index contributed by atoms with van der Waals surface area (Å²) in [6.07, 6.45) is 0.962. The van der Waals surface area contributed by atoms with Gasteiger partial charge in [-0.2, -0.15) is 0 Å². The standard InChI is InChI=1S/C17H19ClFN3O3S/c1-21(2)13-6-4-12(5-7-13)20-17(23)11-22(26(3,24)25)14-8-9-16(19)15(18)10-14/h4-10H,11H2,1-3H3,(H,20,23). The highest BCUT2D eigenvalue weighted by molar-refractivity contribution is 7.92. The van der Waals surface area contributed by atoms with Crippen LogP contribution in [0, 0.1) is 5.82 Å². The van der Waals surface area contributed by atoms with Gasteiger partial charge in [-0.25, -0.2) is 12.8 Å². The van der Waals surface area contributed by atoms with Crippen molar-refractivity contribution in [2.24, 2.45) is 0 Å². The number of nitrogens with one attached hydrogen (secondary N) is 1. The van der Waals surface area contributed by atoms with E-state index in [0.29, 0.717) is 5.69 Å². The maximum Gasteiger partial charge on any atom is 0.245 e. The van der Waals surface area contributed by atoms with Gasteiger partial charge in [0.1, 0.15) is 12.4 Å². The first-order chi connectivity index (χ1) is 12.1. The molecule has 0 aliphatic heterocycles. The molecule has 0 heterocycles. The SMILES string of the molecule is CN(C)c1ccc(NC(=O)CN(c2ccc(F)c(Cl)c2)S(C)(=O)=O)cc1. The minimum atomic E-state index is -3.77. The van der Waals surface area contributed by atoms with Crippen molar-refractivity contribution in [1.29, 1.82) is 0 Å². The Labute approximate surface area is 157 Å². The minimum absolute atomic E-state index is 0.108. The normalized spacial score (nSPS) is 11.1. The number of hydrogen-bond donors (Lipinski definition) is 1. The molecule has 0 aliphatic carbocycles. The zero-order chi connectivity index (χ0) is 19.5. The van der Waals surface area contributed by atoms with E-state index in [4.69, 9.17) is 11.6 Å². The summed E-state index contributed by atoms with van der Waals surface area (Å²) in [7, 11) is 0.0204. The summed E-state index contributed by atoms with van der Waals surface area (Å²) >= 11 is 5.71. The second-order valence-corrected chi connectivity index (χ2v) is 8.17. The number of carbonyl (C=O) groups excluding carboxylic acids is 1. The van der Waals surface area contributed by atoms with Crippen molar-refractivity contribution >= 4 is 44.6 Å². The smallest absolute Gasteiger partial charge is 0.245 e. The van der Waals surface area contributed by atoms with E-state index < -0.39 is 28.3 Å². The average Bonchev–Trinajstić information content (AvgIpc) is 2.55. The van der Waals surface area contributed by atoms with Gasteiger partial charge in [0.15, 0.2) is 0 Å². The fourth-order valence-corrected chi connectivity index (χ4v) is 3.24. The lowest BCUT2D eigenvalue weighted by atomic mass is 10.2. The Morgan fingerprint density at radius 3 is 2.19 bits per heavy atom. The van der Waals surface area contributed by atoms with Gasteiger partial charge in [0.05, 0.1) is 17.0 Å². The van der Waals surface area contributed by atoms with E-state index in [0.717, 1.165) is 28.4 Å². The molecule has 140 valence electrons. The maximum absolute atomic E-state index is 13.3. The van der Waals surface area contributed by atoms with E-state index >= 15 is 0 Å². The molecule has 0 saturated carbocycles. The van der Waals surface area contributed by atoms with E-state index in [9.17, 15) is 17.6 Å². The predicted octanol–water partition coefficient (Wildman–Crippen LogP) is 2.95. The van der Waals surface area contributed by atoms with Gasteiger partial charge in [0.2, 0.25) is 15.9 Å². The lowest BCUT2D eigenvalue weighted by Crippen LogP contribution is -2.37. The predicted molar refractivity (Wildman–Crippen MR) is 103 cm³/mol. The highest BCUT2D eigenvalue weighted by atomic mass is 35.5. The largest absolute Gasteiger partial charge is 0.378 e. The number of nitrogens with zero attached hydrogens (tertiary/aromatic N) is 2. The van der Waals surface area contributed by atoms with Crippen LogP contribution in [-0.4, -0.2) is 41.2 Å². The van der Waals surface area contributed by atoms with Crippen molar-refractivity contribution in [1.82, 2.24) is 0 Å². The monoisotopic (exact) mass is 399 g/mol. The van der Waals surface area contributed by atoms with Gasteiger partial charge in [0, 0.05) is 25.5 Å². The Morgan fingerprint density at radius 1 is 1.12 bits per heavy atom. The summed E-state index contributed by atoms with van der Waals surface area (Å²) in [5, 5.41) is 2.41. The van der Waals surface area contributed by atoms with E-state index in [-0.39, 0.29) is 10.7 Å². The van der Waals surface area contributed by atoms with E-state index in [1.54, 1.807) is 12.1 Å². The Kier molecular flexibility index (Phi) is 6.09. The molecule has 0 fully saturated rings. The first-order valence-corrected chi connectivity index (χ1v) is 9.80. The van der Waals surface area contributed by atoms with E-state index in [1.165, 1.54) is 6.07 Å². The molecule has 0 spiro atoms. The summed E-state index contributed by atoms with van der Waals surface area (Å²) in [6.45, 7) is -0.462. The van der Waals surface area contributed by atoms with Gasteiger partial charge in [-0.15, -0.1) is 0 Å². The van der Waals surface area contributed by atoms with Crippen molar-refractivity contribution in [3.63, 3.8) is 0 Å². The lowest BCUT2D eigenvalue weighted by molar-refractivity contribution is -0.114. The fourth-order valence-electron chi connectivity index (χ4n) is 2.21. The highest BCUT2D eigenvalue weighted by Crippen LogP contribution is 2.24. The molecule has 0 bridgehead atoms. The third kappa shape index (κ3) is 5.09. The summed E-state index contributed by atoms with van der Waals surface area (Å²) in [6, 6.07) is 10.5. The Balaban J connectivity index is 2.17. The molecular formula is C17H19ClFN3O3S. The number of rotatable bonds is 6. The molecule has 0 aliphatic rings. The van der Waals surface area contributed by atoms with Gasteiger partial charge >= 0.3 is 0 Å². The van der Waals surface area contributed by atoms with Crippen LogP contribution >= 0.6 is 11.6 Å². The van der Waals surface area contributed by atoms with Crippen LogP contribution < -0.4 is 14.5 Å². The molecule has 0 unspecified atom stereocenters. The summed E-state index contributed by atoms with van der Waals surface area (Å²) in [5.41, 5.74) is 1.60. The van der Waals surface area contributed by atoms with Crippen LogP contribution in [0.2, 0.25) is 5.02 Å². The topological polar surface area (TPSA) is 69.7 Å². The quantitative estimate of drug-likeness (QED) is 0.810. The van der Waals surface area contributed by atoms with Gasteiger partial charge in [-0.1, -0.05) is 11.6 Å². The zero-order valence-electron chi connectivity index (χ0n) is 14.5. The molecule has 0 radical (unpaired) electrons. The number of halogens is 2. The molecule has 1 amide bonds. The number of benzene rings is 2. The molecule has 0 saturated heterocycles. The fraction of sp³-hybridized carbons (Fsp3) is 0.235. The molecule has 9 heteroatoms. The Hall–Kier alpha value is -2.32. The van der Waals surface area contributed by atoms with Crippen molar-refractivity contribution in [2.45, 2.75) is 0 Å². The number of hydrogen-bond acceptors (Lipinski definition) is 4. The maximum atomic E-state index is 13.3. The van der Waals surface area contributed by atoms with Crippen LogP contribution in [0.3, 0.4) is 0 Å². The molecule has 2 aromatic rings. The molecule has 6 nitrogen and oxygen atoms in total. The van der Waals surface area contributed by atoms with Crippen LogP contribution in [0.25, 0.3) is 0 Å². The van der Waals surface area contributed by atoms with Crippen molar-refractivity contribution in [3.05, 3.63) is 53.3 Å². The minimum Gasteiger partial charge on any atom is -0.378 e. The highest BCUT2D eigenvalue weighted by Gasteiger charge is 2.21. The molecule has 0 atom stereocenters. The van der Waals surface area contributed by atoms with Crippen LogP contribution in [-0.2, 0) is 14.8 Å². The third-order valence-corrected chi connectivity index (χ3v) is 4.98. The summed E-state index contributed by atoms with van der Waals surface area (Å²) in [5.74, 6) is -1.21. The molecular weight excluding hydrogens is 381 g/mol. The lowest BCUT2D eigenvalue weighted by Gasteiger charge is -2.22. The van der Waals surface area contributed by atoms with Crippen LogP contribution in [0.15, 0.2) is 42.5 Å². The van der Waals surface area contributed by atoms with E-state index in [1.807, 2.05) is 31.1 Å². The van der Waals surface area contributed by atoms with E-state index in [2.05, 4.69) is 5.32 Å².